The number of benzene rings is 1. The summed E-state index contributed by atoms with van der Waals surface area (Å²) in [5.41, 5.74) is 4.45. The van der Waals surface area contributed by atoms with E-state index in [1.54, 1.807) is 0 Å². The van der Waals surface area contributed by atoms with Crippen LogP contribution in [0.2, 0.25) is 0 Å². The van der Waals surface area contributed by atoms with Crippen LogP contribution < -0.4 is 5.73 Å². The molecule has 0 spiro atoms. The highest BCUT2D eigenvalue weighted by molar-refractivity contribution is 5.85. The lowest BCUT2D eigenvalue weighted by Gasteiger charge is -2.13. The molecule has 15 heavy (non-hydrogen) atoms. The van der Waals surface area contributed by atoms with Gasteiger partial charge in [0.25, 0.3) is 0 Å². The van der Waals surface area contributed by atoms with Gasteiger partial charge in [-0.15, -0.1) is 12.4 Å². The van der Waals surface area contributed by atoms with Crippen LogP contribution in [0.1, 0.15) is 24.1 Å². The van der Waals surface area contributed by atoms with E-state index in [0.717, 1.165) is 6.07 Å². The predicted octanol–water partition coefficient (Wildman–Crippen LogP) is 2.85. The average molecular weight is 242 g/mol. The molecule has 0 unspecified atom stereocenters. The highest BCUT2D eigenvalue weighted by Crippen LogP contribution is 2.38. The number of aromatic hydroxyl groups is 1. The lowest BCUT2D eigenvalue weighted by molar-refractivity contribution is -0.138. The Morgan fingerprint density at radius 3 is 2.27 bits per heavy atom. The summed E-state index contributed by atoms with van der Waals surface area (Å²) in [6.07, 6.45) is -4.55. The first-order chi connectivity index (χ1) is 6.34. The van der Waals surface area contributed by atoms with Crippen molar-refractivity contribution in [1.29, 1.82) is 0 Å². The van der Waals surface area contributed by atoms with Gasteiger partial charge in [-0.25, -0.2) is 0 Å². The fourth-order valence-corrected chi connectivity index (χ4v) is 1.16. The van der Waals surface area contributed by atoms with E-state index in [0.29, 0.717) is 0 Å². The van der Waals surface area contributed by atoms with Crippen LogP contribution in [0.5, 0.6) is 5.75 Å². The van der Waals surface area contributed by atoms with Crippen molar-refractivity contribution in [1.82, 2.24) is 0 Å². The van der Waals surface area contributed by atoms with Crippen molar-refractivity contribution in [2.45, 2.75) is 19.1 Å². The molecule has 0 aliphatic heterocycles. The average Bonchev–Trinajstić information content (AvgIpc) is 2.01. The molecule has 0 aliphatic rings. The number of phenolic OH excluding ortho intramolecular Hbond substituents is 1. The van der Waals surface area contributed by atoms with Crippen LogP contribution in [0, 0.1) is 0 Å². The zero-order valence-electron chi connectivity index (χ0n) is 7.88. The van der Waals surface area contributed by atoms with E-state index in [1.807, 2.05) is 0 Å². The van der Waals surface area contributed by atoms with E-state index in [9.17, 15) is 18.3 Å². The minimum absolute atomic E-state index is 0. The van der Waals surface area contributed by atoms with Gasteiger partial charge in [0.15, 0.2) is 0 Å². The van der Waals surface area contributed by atoms with Crippen molar-refractivity contribution in [3.05, 3.63) is 29.3 Å². The summed E-state index contributed by atoms with van der Waals surface area (Å²) >= 11 is 0. The first-order valence-corrected chi connectivity index (χ1v) is 3.98. The Labute approximate surface area is 91.3 Å². The zero-order valence-corrected chi connectivity index (χ0v) is 8.69. The van der Waals surface area contributed by atoms with E-state index >= 15 is 0 Å². The minimum Gasteiger partial charge on any atom is -0.507 e. The number of hydrogen-bond acceptors (Lipinski definition) is 2. The van der Waals surface area contributed by atoms with E-state index in [-0.39, 0.29) is 18.0 Å². The molecule has 1 aromatic carbocycles. The third-order valence-electron chi connectivity index (χ3n) is 1.86. The summed E-state index contributed by atoms with van der Waals surface area (Å²) < 4.78 is 36.9. The largest absolute Gasteiger partial charge is 0.507 e. The maximum Gasteiger partial charge on any atom is 0.419 e. The van der Waals surface area contributed by atoms with Gasteiger partial charge in [0.2, 0.25) is 0 Å². The number of rotatable bonds is 1. The van der Waals surface area contributed by atoms with Gasteiger partial charge in [-0.05, 0) is 13.0 Å². The van der Waals surface area contributed by atoms with E-state index in [1.165, 1.54) is 19.1 Å². The molecule has 1 aromatic rings. The molecule has 0 fully saturated rings. The molecule has 6 heteroatoms. The number of para-hydroxylation sites is 1. The Balaban J connectivity index is 0.00000196. The molecule has 0 heterocycles. The van der Waals surface area contributed by atoms with Crippen LogP contribution in [0.3, 0.4) is 0 Å². The molecule has 86 valence electrons. The van der Waals surface area contributed by atoms with Gasteiger partial charge >= 0.3 is 6.18 Å². The molecule has 0 aromatic heterocycles. The van der Waals surface area contributed by atoms with Gasteiger partial charge < -0.3 is 10.8 Å². The summed E-state index contributed by atoms with van der Waals surface area (Å²) in [4.78, 5) is 0. The molecule has 0 radical (unpaired) electrons. The normalized spacial score (nSPS) is 13.1. The van der Waals surface area contributed by atoms with Crippen molar-refractivity contribution in [2.24, 2.45) is 5.73 Å². The molecule has 1 rings (SSSR count). The number of hydrogen-bond donors (Lipinski definition) is 2. The van der Waals surface area contributed by atoms with Crippen molar-refractivity contribution in [3.8, 4) is 5.75 Å². The smallest absolute Gasteiger partial charge is 0.419 e. The number of alkyl halides is 3. The first kappa shape index (κ1) is 14.1. The van der Waals surface area contributed by atoms with Crippen LogP contribution in [-0.4, -0.2) is 5.11 Å². The molecular weight excluding hydrogens is 231 g/mol. The molecular formula is C9H11ClF3NO. The number of phenols is 1. The van der Waals surface area contributed by atoms with Crippen molar-refractivity contribution >= 4 is 12.4 Å². The van der Waals surface area contributed by atoms with Crippen molar-refractivity contribution in [2.75, 3.05) is 0 Å². The molecule has 0 amide bonds. The molecule has 0 aliphatic carbocycles. The molecule has 0 bridgehead atoms. The second-order valence-corrected chi connectivity index (χ2v) is 3.03. The standard InChI is InChI=1S/C9H10F3NO.ClH/c1-5(13)6-3-2-4-7(8(6)14)9(10,11)12;/h2-5,14H,13H2,1H3;1H/t5-;/m1./s1. The van der Waals surface area contributed by atoms with Crippen LogP contribution >= 0.6 is 12.4 Å². The zero-order chi connectivity index (χ0) is 10.9. The lowest BCUT2D eigenvalue weighted by atomic mass is 10.0. The number of halogens is 4. The Hall–Kier alpha value is -0.940. The van der Waals surface area contributed by atoms with Gasteiger partial charge in [-0.2, -0.15) is 13.2 Å². The third-order valence-corrected chi connectivity index (χ3v) is 1.86. The van der Waals surface area contributed by atoms with Gasteiger partial charge in [0.1, 0.15) is 5.75 Å². The third kappa shape index (κ3) is 3.00. The molecule has 0 saturated heterocycles. The maximum absolute atomic E-state index is 12.3. The quantitative estimate of drug-likeness (QED) is 0.794. The SMILES string of the molecule is C[C@@H](N)c1cccc(C(F)(F)F)c1O.Cl. The predicted molar refractivity (Wildman–Crippen MR) is 53.0 cm³/mol. The Morgan fingerprint density at radius 1 is 1.33 bits per heavy atom. The Kier molecular flexibility index (Phi) is 4.42. The monoisotopic (exact) mass is 241 g/mol. The van der Waals surface area contributed by atoms with E-state index in [2.05, 4.69) is 0 Å². The minimum atomic E-state index is -4.55. The lowest BCUT2D eigenvalue weighted by Crippen LogP contribution is -2.10. The number of nitrogens with two attached hydrogens (primary N) is 1. The fraction of sp³-hybridized carbons (Fsp3) is 0.333. The summed E-state index contributed by atoms with van der Waals surface area (Å²) in [5, 5.41) is 9.29. The summed E-state index contributed by atoms with van der Waals surface area (Å²) in [5.74, 6) is -0.782. The second-order valence-electron chi connectivity index (χ2n) is 3.03. The van der Waals surface area contributed by atoms with E-state index < -0.39 is 23.5 Å². The van der Waals surface area contributed by atoms with Crippen LogP contribution in [0.25, 0.3) is 0 Å². The topological polar surface area (TPSA) is 46.2 Å². The first-order valence-electron chi connectivity index (χ1n) is 3.98. The molecule has 3 N–H and O–H groups in total. The van der Waals surface area contributed by atoms with Crippen molar-refractivity contribution in [3.63, 3.8) is 0 Å². The summed E-state index contributed by atoms with van der Waals surface area (Å²) in [7, 11) is 0. The van der Waals surface area contributed by atoms with Gasteiger partial charge in [0, 0.05) is 11.6 Å². The van der Waals surface area contributed by atoms with Gasteiger partial charge in [-0.3, -0.25) is 0 Å². The fourth-order valence-electron chi connectivity index (χ4n) is 1.16. The van der Waals surface area contributed by atoms with Crippen LogP contribution in [0.4, 0.5) is 13.2 Å². The Bertz CT molecular complexity index is 339. The van der Waals surface area contributed by atoms with Gasteiger partial charge in [0.05, 0.1) is 5.56 Å². The maximum atomic E-state index is 12.3. The Morgan fingerprint density at radius 2 is 1.87 bits per heavy atom. The highest BCUT2D eigenvalue weighted by atomic mass is 35.5. The molecule has 2 nitrogen and oxygen atoms in total. The summed E-state index contributed by atoms with van der Waals surface area (Å²) in [6, 6.07) is 2.79. The van der Waals surface area contributed by atoms with Gasteiger partial charge in [-0.1, -0.05) is 12.1 Å². The van der Waals surface area contributed by atoms with Crippen LogP contribution in [-0.2, 0) is 6.18 Å². The molecule has 0 saturated carbocycles. The molecule has 1 atom stereocenters. The second kappa shape index (κ2) is 4.72. The van der Waals surface area contributed by atoms with Crippen LogP contribution in [0.15, 0.2) is 18.2 Å². The van der Waals surface area contributed by atoms with Crippen molar-refractivity contribution < 1.29 is 18.3 Å². The highest BCUT2D eigenvalue weighted by Gasteiger charge is 2.34. The summed E-state index contributed by atoms with van der Waals surface area (Å²) in [6.45, 7) is 1.51. The van der Waals surface area contributed by atoms with E-state index in [4.69, 9.17) is 5.73 Å².